The Bertz CT molecular complexity index is 1110. The number of thiophene rings is 1. The van der Waals surface area contributed by atoms with E-state index in [1.54, 1.807) is 38.1 Å². The van der Waals surface area contributed by atoms with Crippen LogP contribution in [0.3, 0.4) is 0 Å². The predicted molar refractivity (Wildman–Crippen MR) is 116 cm³/mol. The summed E-state index contributed by atoms with van der Waals surface area (Å²) in [6.07, 6.45) is 0. The maximum absolute atomic E-state index is 12.7. The van der Waals surface area contributed by atoms with Crippen LogP contribution in [0, 0.1) is 6.92 Å². The molecule has 3 aromatic rings. The molecule has 1 aromatic carbocycles. The molecule has 0 fully saturated rings. The van der Waals surface area contributed by atoms with Crippen molar-refractivity contribution in [3.05, 3.63) is 52.0 Å². The molecule has 162 valence electrons. The number of nitrogens with one attached hydrogen (secondary N) is 1. The van der Waals surface area contributed by atoms with Gasteiger partial charge in [-0.2, -0.15) is 0 Å². The summed E-state index contributed by atoms with van der Waals surface area (Å²) in [5.74, 6) is -0.236. The third-order valence-corrected chi connectivity index (χ3v) is 5.67. The zero-order chi connectivity index (χ0) is 22.5. The SMILES string of the molecule is CCOC(=O)c1c(NC(=O)c2cc(-c3ccc(OCC)cc3)on2)sc(C(C)=O)c1C. The molecule has 0 bridgehead atoms. The maximum atomic E-state index is 12.7. The number of esters is 1. The first-order valence-corrected chi connectivity index (χ1v) is 10.5. The lowest BCUT2D eigenvalue weighted by atomic mass is 10.1. The monoisotopic (exact) mass is 442 g/mol. The first-order valence-electron chi connectivity index (χ1n) is 9.68. The number of hydrogen-bond acceptors (Lipinski definition) is 8. The van der Waals surface area contributed by atoms with Crippen LogP contribution in [0.15, 0.2) is 34.9 Å². The second-order valence-electron chi connectivity index (χ2n) is 6.52. The van der Waals surface area contributed by atoms with Crippen LogP contribution in [0.1, 0.15) is 56.9 Å². The van der Waals surface area contributed by atoms with Gasteiger partial charge in [-0.05, 0) is 57.5 Å². The molecule has 0 aliphatic rings. The summed E-state index contributed by atoms with van der Waals surface area (Å²) in [5, 5.41) is 6.72. The van der Waals surface area contributed by atoms with Crippen LogP contribution >= 0.6 is 11.3 Å². The molecule has 1 amide bonds. The lowest BCUT2D eigenvalue weighted by molar-refractivity contribution is 0.0527. The minimum atomic E-state index is -0.603. The molecule has 31 heavy (non-hydrogen) atoms. The topological polar surface area (TPSA) is 108 Å². The van der Waals surface area contributed by atoms with Crippen LogP contribution in [0.4, 0.5) is 5.00 Å². The van der Waals surface area contributed by atoms with Crippen LogP contribution in [0.2, 0.25) is 0 Å². The van der Waals surface area contributed by atoms with Crippen molar-refractivity contribution in [2.45, 2.75) is 27.7 Å². The molecule has 0 aliphatic carbocycles. The third-order valence-electron chi connectivity index (χ3n) is 4.37. The summed E-state index contributed by atoms with van der Waals surface area (Å²) < 4.78 is 15.8. The Balaban J connectivity index is 1.84. The van der Waals surface area contributed by atoms with Crippen LogP contribution in [0.25, 0.3) is 11.3 Å². The standard InChI is InChI=1S/C22H22N2O6S/c1-5-28-15-9-7-14(8-10-15)17-11-16(24-30-17)20(26)23-21-18(22(27)29-6-2)12(3)19(31-21)13(4)25/h7-11H,5-6H2,1-4H3,(H,23,26). The number of Topliss-reactive ketones (excluding diaryl/α,β-unsaturated/α-hetero) is 1. The largest absolute Gasteiger partial charge is 0.494 e. The summed E-state index contributed by atoms with van der Waals surface area (Å²) >= 11 is 1.03. The van der Waals surface area contributed by atoms with Crippen molar-refractivity contribution < 1.29 is 28.4 Å². The number of carbonyl (C=O) groups excluding carboxylic acids is 3. The van der Waals surface area contributed by atoms with Crippen molar-refractivity contribution in [3.8, 4) is 17.1 Å². The van der Waals surface area contributed by atoms with Gasteiger partial charge >= 0.3 is 5.97 Å². The van der Waals surface area contributed by atoms with Crippen molar-refractivity contribution in [1.29, 1.82) is 0 Å². The predicted octanol–water partition coefficient (Wildman–Crippen LogP) is 4.74. The maximum Gasteiger partial charge on any atom is 0.341 e. The van der Waals surface area contributed by atoms with Crippen molar-refractivity contribution in [3.63, 3.8) is 0 Å². The molecule has 0 unspecified atom stereocenters. The molecule has 0 atom stereocenters. The quantitative estimate of drug-likeness (QED) is 0.396. The number of ketones is 1. The van der Waals surface area contributed by atoms with E-state index in [2.05, 4.69) is 10.5 Å². The number of aromatic nitrogens is 1. The van der Waals surface area contributed by atoms with E-state index < -0.39 is 11.9 Å². The first kappa shape index (κ1) is 22.2. The summed E-state index contributed by atoms with van der Waals surface area (Å²) in [7, 11) is 0. The number of ether oxygens (including phenoxy) is 2. The van der Waals surface area contributed by atoms with Gasteiger partial charge in [0.1, 0.15) is 10.8 Å². The van der Waals surface area contributed by atoms with Gasteiger partial charge in [-0.25, -0.2) is 4.79 Å². The smallest absolute Gasteiger partial charge is 0.341 e. The highest BCUT2D eigenvalue weighted by molar-refractivity contribution is 7.18. The minimum absolute atomic E-state index is 0.0362. The molecule has 0 saturated carbocycles. The van der Waals surface area contributed by atoms with Crippen LogP contribution < -0.4 is 10.1 Å². The van der Waals surface area contributed by atoms with Crippen molar-refractivity contribution in [1.82, 2.24) is 5.16 Å². The molecule has 9 heteroatoms. The average Bonchev–Trinajstić information content (AvgIpc) is 3.34. The van der Waals surface area contributed by atoms with Crippen LogP contribution in [-0.2, 0) is 4.74 Å². The molecular weight excluding hydrogens is 420 g/mol. The van der Waals surface area contributed by atoms with Crippen molar-refractivity contribution in [2.24, 2.45) is 0 Å². The Morgan fingerprint density at radius 3 is 2.45 bits per heavy atom. The molecule has 0 radical (unpaired) electrons. The first-order chi connectivity index (χ1) is 14.8. The second-order valence-corrected chi connectivity index (χ2v) is 7.55. The lowest BCUT2D eigenvalue weighted by Gasteiger charge is -2.05. The number of rotatable bonds is 8. The van der Waals surface area contributed by atoms with E-state index in [4.69, 9.17) is 14.0 Å². The van der Waals surface area contributed by atoms with Gasteiger partial charge < -0.3 is 19.3 Å². The fourth-order valence-electron chi connectivity index (χ4n) is 2.95. The summed E-state index contributed by atoms with van der Waals surface area (Å²) in [4.78, 5) is 37.4. The molecule has 0 spiro atoms. The van der Waals surface area contributed by atoms with Gasteiger partial charge in [-0.15, -0.1) is 11.3 Å². The van der Waals surface area contributed by atoms with Gasteiger partial charge in [0.2, 0.25) is 0 Å². The molecule has 0 aliphatic heterocycles. The number of anilines is 1. The molecule has 3 rings (SSSR count). The molecule has 0 saturated heterocycles. The zero-order valence-electron chi connectivity index (χ0n) is 17.6. The summed E-state index contributed by atoms with van der Waals surface area (Å²) in [6.45, 7) is 7.37. The van der Waals surface area contributed by atoms with Crippen molar-refractivity contribution >= 4 is 34.0 Å². The zero-order valence-corrected chi connectivity index (χ0v) is 18.4. The van der Waals surface area contributed by atoms with Gasteiger partial charge in [0, 0.05) is 11.6 Å². The third kappa shape index (κ3) is 4.83. The van der Waals surface area contributed by atoms with E-state index in [9.17, 15) is 14.4 Å². The van der Waals surface area contributed by atoms with Gasteiger partial charge in [0.15, 0.2) is 17.2 Å². The highest BCUT2D eigenvalue weighted by atomic mass is 32.1. The molecule has 2 aromatic heterocycles. The normalized spacial score (nSPS) is 10.6. The van der Waals surface area contributed by atoms with Gasteiger partial charge in [0.05, 0.1) is 23.7 Å². The van der Waals surface area contributed by atoms with E-state index in [0.29, 0.717) is 22.8 Å². The average molecular weight is 442 g/mol. The molecule has 2 heterocycles. The number of hydrogen-bond donors (Lipinski definition) is 1. The minimum Gasteiger partial charge on any atom is -0.494 e. The number of nitrogens with zero attached hydrogens (tertiary/aromatic N) is 1. The second kappa shape index (κ2) is 9.57. The van der Waals surface area contributed by atoms with E-state index in [1.165, 1.54) is 13.0 Å². The highest BCUT2D eigenvalue weighted by Gasteiger charge is 2.26. The van der Waals surface area contributed by atoms with Crippen LogP contribution in [0.5, 0.6) is 5.75 Å². The van der Waals surface area contributed by atoms with Crippen molar-refractivity contribution in [2.75, 3.05) is 18.5 Å². The fraction of sp³-hybridized carbons (Fsp3) is 0.273. The van der Waals surface area contributed by atoms with Gasteiger partial charge in [-0.1, -0.05) is 5.16 Å². The lowest BCUT2D eigenvalue weighted by Crippen LogP contribution is -2.15. The van der Waals surface area contributed by atoms with Gasteiger partial charge in [-0.3, -0.25) is 9.59 Å². The number of benzene rings is 1. The summed E-state index contributed by atoms with van der Waals surface area (Å²) in [5.41, 5.74) is 1.41. The number of amides is 1. The van der Waals surface area contributed by atoms with Gasteiger partial charge in [0.25, 0.3) is 5.91 Å². The van der Waals surface area contributed by atoms with E-state index in [1.807, 2.05) is 6.92 Å². The Morgan fingerprint density at radius 1 is 1.13 bits per heavy atom. The Kier molecular flexibility index (Phi) is 6.86. The Labute approximate surface area is 183 Å². The summed E-state index contributed by atoms with van der Waals surface area (Å²) in [6, 6.07) is 8.69. The number of carbonyl (C=O) groups is 3. The van der Waals surface area contributed by atoms with Crippen LogP contribution in [-0.4, -0.2) is 36.0 Å². The Hall–Kier alpha value is -3.46. The molecular formula is C22H22N2O6S. The Morgan fingerprint density at radius 2 is 1.84 bits per heavy atom. The van der Waals surface area contributed by atoms with E-state index in [0.717, 1.165) is 22.6 Å². The van der Waals surface area contributed by atoms with E-state index >= 15 is 0 Å². The highest BCUT2D eigenvalue weighted by Crippen LogP contribution is 2.34. The molecule has 1 N–H and O–H groups in total. The molecule has 8 nitrogen and oxygen atoms in total. The van der Waals surface area contributed by atoms with E-state index in [-0.39, 0.29) is 28.6 Å². The fourth-order valence-corrected chi connectivity index (χ4v) is 4.04.